The number of aliphatic carboxylic acids is 1. The van der Waals surface area contributed by atoms with Gasteiger partial charge >= 0.3 is 5.97 Å². The summed E-state index contributed by atoms with van der Waals surface area (Å²) in [7, 11) is 0. The van der Waals surface area contributed by atoms with Crippen LogP contribution >= 0.6 is 0 Å². The fraction of sp³-hybridized carbons (Fsp3) is 0.562. The van der Waals surface area contributed by atoms with Gasteiger partial charge in [0.05, 0.1) is 5.92 Å². The maximum absolute atomic E-state index is 11.6. The molecule has 20 heavy (non-hydrogen) atoms. The first kappa shape index (κ1) is 15.0. The Morgan fingerprint density at radius 2 is 2.20 bits per heavy atom. The second kappa shape index (κ2) is 7.41. The number of nitrogens with zero attached hydrogens (tertiary/aromatic N) is 1. The standard InChI is InChI=1S/C16H24N2O2/c1-2-18(14-9-6-10-17-11-14)12-15(16(19)20)13-7-4-3-5-8-13/h3-5,7-8,14-15,17H,2,6,9-12H2,1H3,(H,19,20). The summed E-state index contributed by atoms with van der Waals surface area (Å²) in [6, 6.07) is 10.0. The molecule has 1 fully saturated rings. The van der Waals surface area contributed by atoms with Crippen molar-refractivity contribution in [1.29, 1.82) is 0 Å². The number of piperidine rings is 1. The fourth-order valence-electron chi connectivity index (χ4n) is 2.93. The summed E-state index contributed by atoms with van der Waals surface area (Å²) >= 11 is 0. The smallest absolute Gasteiger partial charge is 0.312 e. The summed E-state index contributed by atoms with van der Waals surface area (Å²) in [4.78, 5) is 13.9. The van der Waals surface area contributed by atoms with E-state index in [1.807, 2.05) is 30.3 Å². The van der Waals surface area contributed by atoms with E-state index in [1.54, 1.807) is 0 Å². The van der Waals surface area contributed by atoms with Gasteiger partial charge in [-0.25, -0.2) is 0 Å². The van der Waals surface area contributed by atoms with Crippen molar-refractivity contribution in [2.45, 2.75) is 31.7 Å². The molecule has 2 N–H and O–H groups in total. The number of rotatable bonds is 6. The highest BCUT2D eigenvalue weighted by Gasteiger charge is 2.27. The molecule has 2 unspecified atom stereocenters. The first-order valence-electron chi connectivity index (χ1n) is 7.45. The van der Waals surface area contributed by atoms with Gasteiger partial charge in [0, 0.05) is 19.1 Å². The molecule has 0 radical (unpaired) electrons. The Kier molecular flexibility index (Phi) is 5.56. The van der Waals surface area contributed by atoms with Crippen LogP contribution in [0.15, 0.2) is 30.3 Å². The molecule has 110 valence electrons. The number of carbonyl (C=O) groups is 1. The summed E-state index contributed by atoms with van der Waals surface area (Å²) in [5.41, 5.74) is 0.891. The zero-order chi connectivity index (χ0) is 14.4. The predicted molar refractivity (Wildman–Crippen MR) is 80.0 cm³/mol. The molecule has 1 aliphatic heterocycles. The monoisotopic (exact) mass is 276 g/mol. The number of benzene rings is 1. The molecule has 0 amide bonds. The minimum absolute atomic E-state index is 0.446. The molecule has 2 atom stereocenters. The predicted octanol–water partition coefficient (Wildman–Crippen LogP) is 1.93. The van der Waals surface area contributed by atoms with Crippen LogP contribution in [0.5, 0.6) is 0 Å². The average molecular weight is 276 g/mol. The number of carboxylic acid groups (broad SMARTS) is 1. The molecule has 1 saturated heterocycles. The second-order valence-electron chi connectivity index (χ2n) is 5.39. The SMILES string of the molecule is CCN(CC(C(=O)O)c1ccccc1)C1CCCNC1. The lowest BCUT2D eigenvalue weighted by atomic mass is 9.96. The minimum Gasteiger partial charge on any atom is -0.481 e. The topological polar surface area (TPSA) is 52.6 Å². The molecular formula is C16H24N2O2. The van der Waals surface area contributed by atoms with Crippen LogP contribution in [0.1, 0.15) is 31.2 Å². The normalized spacial score (nSPS) is 20.8. The van der Waals surface area contributed by atoms with E-state index in [4.69, 9.17) is 0 Å². The Balaban J connectivity index is 2.08. The van der Waals surface area contributed by atoms with Crippen molar-refractivity contribution < 1.29 is 9.90 Å². The molecular weight excluding hydrogens is 252 g/mol. The highest BCUT2D eigenvalue weighted by molar-refractivity contribution is 5.76. The fourth-order valence-corrected chi connectivity index (χ4v) is 2.93. The Labute approximate surface area is 120 Å². The van der Waals surface area contributed by atoms with Gasteiger partial charge in [-0.05, 0) is 31.5 Å². The summed E-state index contributed by atoms with van der Waals surface area (Å²) in [5.74, 6) is -1.18. The quantitative estimate of drug-likeness (QED) is 0.833. The van der Waals surface area contributed by atoms with Crippen LogP contribution in [0, 0.1) is 0 Å². The van der Waals surface area contributed by atoms with Gasteiger partial charge in [0.2, 0.25) is 0 Å². The van der Waals surface area contributed by atoms with E-state index in [0.29, 0.717) is 12.6 Å². The Morgan fingerprint density at radius 1 is 1.45 bits per heavy atom. The lowest BCUT2D eigenvalue weighted by molar-refractivity contribution is -0.139. The van der Waals surface area contributed by atoms with Crippen molar-refractivity contribution in [3.05, 3.63) is 35.9 Å². The van der Waals surface area contributed by atoms with Gasteiger partial charge in [-0.1, -0.05) is 37.3 Å². The van der Waals surface area contributed by atoms with Crippen LogP contribution < -0.4 is 5.32 Å². The third-order valence-electron chi connectivity index (χ3n) is 4.11. The lowest BCUT2D eigenvalue weighted by Gasteiger charge is -2.35. The van der Waals surface area contributed by atoms with Crippen molar-refractivity contribution in [2.75, 3.05) is 26.2 Å². The third-order valence-corrected chi connectivity index (χ3v) is 4.11. The van der Waals surface area contributed by atoms with Crippen molar-refractivity contribution in [3.8, 4) is 0 Å². The third kappa shape index (κ3) is 3.81. The zero-order valence-electron chi connectivity index (χ0n) is 12.1. The summed E-state index contributed by atoms with van der Waals surface area (Å²) < 4.78 is 0. The van der Waals surface area contributed by atoms with Crippen LogP contribution in [-0.4, -0.2) is 48.2 Å². The van der Waals surface area contributed by atoms with E-state index >= 15 is 0 Å². The molecule has 0 saturated carbocycles. The van der Waals surface area contributed by atoms with E-state index in [9.17, 15) is 9.90 Å². The van der Waals surface area contributed by atoms with Gasteiger partial charge in [-0.15, -0.1) is 0 Å². The van der Waals surface area contributed by atoms with Gasteiger partial charge in [0.25, 0.3) is 0 Å². The lowest BCUT2D eigenvalue weighted by Crippen LogP contribution is -2.47. The van der Waals surface area contributed by atoms with E-state index in [0.717, 1.165) is 31.6 Å². The Bertz CT molecular complexity index is 416. The van der Waals surface area contributed by atoms with Crippen LogP contribution in [0.25, 0.3) is 0 Å². The number of hydrogen-bond acceptors (Lipinski definition) is 3. The van der Waals surface area contributed by atoms with Crippen molar-refractivity contribution in [3.63, 3.8) is 0 Å². The second-order valence-corrected chi connectivity index (χ2v) is 5.39. The first-order chi connectivity index (χ1) is 9.72. The first-order valence-corrected chi connectivity index (χ1v) is 7.45. The maximum atomic E-state index is 11.6. The molecule has 0 aromatic heterocycles. The molecule has 1 aromatic rings. The molecule has 4 nitrogen and oxygen atoms in total. The number of nitrogens with one attached hydrogen (secondary N) is 1. The van der Waals surface area contributed by atoms with Gasteiger partial charge < -0.3 is 10.4 Å². The highest BCUT2D eigenvalue weighted by Crippen LogP contribution is 2.20. The number of likely N-dealkylation sites (N-methyl/N-ethyl adjacent to an activating group) is 1. The molecule has 4 heteroatoms. The largest absolute Gasteiger partial charge is 0.481 e. The van der Waals surface area contributed by atoms with E-state index < -0.39 is 11.9 Å². The highest BCUT2D eigenvalue weighted by atomic mass is 16.4. The van der Waals surface area contributed by atoms with Crippen molar-refractivity contribution in [1.82, 2.24) is 10.2 Å². The van der Waals surface area contributed by atoms with Crippen LogP contribution in [-0.2, 0) is 4.79 Å². The minimum atomic E-state index is -0.738. The average Bonchev–Trinajstić information content (AvgIpc) is 2.50. The van der Waals surface area contributed by atoms with Gasteiger partial charge in [-0.3, -0.25) is 9.69 Å². The van der Waals surface area contributed by atoms with Crippen LogP contribution in [0.4, 0.5) is 0 Å². The van der Waals surface area contributed by atoms with E-state index in [1.165, 1.54) is 6.42 Å². The van der Waals surface area contributed by atoms with Crippen LogP contribution in [0.2, 0.25) is 0 Å². The molecule has 1 aromatic carbocycles. The summed E-state index contributed by atoms with van der Waals surface area (Å²) in [6.07, 6.45) is 2.33. The van der Waals surface area contributed by atoms with Gasteiger partial charge in [0.1, 0.15) is 0 Å². The maximum Gasteiger partial charge on any atom is 0.312 e. The molecule has 2 rings (SSSR count). The molecule has 0 aliphatic carbocycles. The summed E-state index contributed by atoms with van der Waals surface area (Å²) in [6.45, 7) is 5.63. The number of hydrogen-bond donors (Lipinski definition) is 2. The van der Waals surface area contributed by atoms with Gasteiger partial charge in [-0.2, -0.15) is 0 Å². The zero-order valence-corrected chi connectivity index (χ0v) is 12.1. The summed E-state index contributed by atoms with van der Waals surface area (Å²) in [5, 5.41) is 12.9. The Hall–Kier alpha value is -1.39. The van der Waals surface area contributed by atoms with E-state index in [2.05, 4.69) is 17.1 Å². The Morgan fingerprint density at radius 3 is 2.75 bits per heavy atom. The van der Waals surface area contributed by atoms with Gasteiger partial charge in [0.15, 0.2) is 0 Å². The van der Waals surface area contributed by atoms with E-state index in [-0.39, 0.29) is 0 Å². The molecule has 0 bridgehead atoms. The van der Waals surface area contributed by atoms with Crippen LogP contribution in [0.3, 0.4) is 0 Å². The molecule has 0 spiro atoms. The van der Waals surface area contributed by atoms with Crippen molar-refractivity contribution >= 4 is 5.97 Å². The molecule has 1 heterocycles. The molecule has 1 aliphatic rings. The van der Waals surface area contributed by atoms with Crippen molar-refractivity contribution in [2.24, 2.45) is 0 Å². The number of carboxylic acids is 1.